The molecule has 1 N–H and O–H groups in total. The Balaban J connectivity index is 1.96. The van der Waals surface area contributed by atoms with Crippen LogP contribution in [0.3, 0.4) is 0 Å². The molecule has 0 radical (unpaired) electrons. The zero-order valence-corrected chi connectivity index (χ0v) is 17.7. The second-order valence-electron chi connectivity index (χ2n) is 6.78. The minimum Gasteiger partial charge on any atom is -0.465 e. The van der Waals surface area contributed by atoms with E-state index < -0.39 is 0 Å². The number of piperidine rings is 1. The van der Waals surface area contributed by atoms with Gasteiger partial charge in [-0.05, 0) is 50.4 Å². The molecule has 1 aromatic carbocycles. The number of nitrogens with one attached hydrogen (secondary N) is 1. The monoisotopic (exact) mass is 402 g/mol. The van der Waals surface area contributed by atoms with Gasteiger partial charge in [0, 0.05) is 23.0 Å². The number of thiocarbonyl (C=S) groups is 1. The van der Waals surface area contributed by atoms with Crippen LogP contribution in [-0.4, -0.2) is 35.7 Å². The molecule has 1 aliphatic heterocycles. The van der Waals surface area contributed by atoms with Gasteiger partial charge in [0.25, 0.3) is 0 Å². The summed E-state index contributed by atoms with van der Waals surface area (Å²) >= 11 is 7.27. The van der Waals surface area contributed by atoms with Crippen LogP contribution in [0.15, 0.2) is 30.3 Å². The smallest absolute Gasteiger partial charge is 0.341 e. The summed E-state index contributed by atoms with van der Waals surface area (Å²) in [6, 6.07) is 10.4. The molecule has 2 aromatic rings. The van der Waals surface area contributed by atoms with E-state index in [0.29, 0.717) is 16.7 Å². The number of thiophene rings is 1. The van der Waals surface area contributed by atoms with Crippen LogP contribution in [0.1, 0.15) is 47.8 Å². The lowest BCUT2D eigenvalue weighted by molar-refractivity contribution is 0.0603. The number of rotatable bonds is 4. The van der Waals surface area contributed by atoms with E-state index in [1.54, 1.807) is 11.3 Å². The minimum atomic E-state index is -0.339. The van der Waals surface area contributed by atoms with Crippen LogP contribution >= 0.6 is 23.6 Å². The number of carbonyl (C=O) groups is 1. The van der Waals surface area contributed by atoms with Crippen molar-refractivity contribution < 1.29 is 9.53 Å². The van der Waals surface area contributed by atoms with E-state index >= 15 is 0 Å². The van der Waals surface area contributed by atoms with E-state index in [1.165, 1.54) is 20.0 Å². The summed E-state index contributed by atoms with van der Waals surface area (Å²) in [6.07, 6.45) is 4.65. The Morgan fingerprint density at radius 2 is 2.07 bits per heavy atom. The maximum atomic E-state index is 12.6. The number of hydrogen-bond donors (Lipinski definition) is 1. The van der Waals surface area contributed by atoms with Crippen LogP contribution in [0.5, 0.6) is 0 Å². The standard InChI is InChI=1S/C21H26N2O2S2/c1-4-16-12-8-9-13-23(16)21(26)22-19-18(20(24)25-3)17(14(2)27-19)15-10-6-5-7-11-15/h5-7,10-11,16H,4,8-9,12-13H2,1-3H3,(H,22,26)/t16-/m0/s1. The quantitative estimate of drug-likeness (QED) is 0.542. The number of aryl methyl sites for hydroxylation is 1. The summed E-state index contributed by atoms with van der Waals surface area (Å²) in [5.74, 6) is -0.339. The summed E-state index contributed by atoms with van der Waals surface area (Å²) in [7, 11) is 1.42. The van der Waals surface area contributed by atoms with Crippen LogP contribution in [0.4, 0.5) is 5.00 Å². The summed E-state index contributed by atoms with van der Waals surface area (Å²) in [4.78, 5) is 15.9. The predicted octanol–water partition coefficient (Wildman–Crippen LogP) is 5.47. The Morgan fingerprint density at radius 3 is 2.74 bits per heavy atom. The highest BCUT2D eigenvalue weighted by molar-refractivity contribution is 7.80. The van der Waals surface area contributed by atoms with Gasteiger partial charge in [0.05, 0.1) is 7.11 Å². The Kier molecular flexibility index (Phi) is 6.50. The molecule has 27 heavy (non-hydrogen) atoms. The first-order valence-corrected chi connectivity index (χ1v) is 10.6. The van der Waals surface area contributed by atoms with Gasteiger partial charge in [0.1, 0.15) is 10.6 Å². The molecule has 1 aliphatic rings. The lowest BCUT2D eigenvalue weighted by Gasteiger charge is -2.37. The Labute approximate surface area is 170 Å². The SMILES string of the molecule is CC[C@H]1CCCCN1C(=S)Nc1sc(C)c(-c2ccccc2)c1C(=O)OC. The third-order valence-corrected chi connectivity index (χ3v) is 6.47. The first-order chi connectivity index (χ1) is 13.1. The average molecular weight is 403 g/mol. The molecule has 4 nitrogen and oxygen atoms in total. The highest BCUT2D eigenvalue weighted by atomic mass is 32.1. The van der Waals surface area contributed by atoms with Crippen molar-refractivity contribution in [3.8, 4) is 11.1 Å². The second kappa shape index (κ2) is 8.85. The molecular formula is C21H26N2O2S2. The van der Waals surface area contributed by atoms with Gasteiger partial charge in [0.2, 0.25) is 0 Å². The lowest BCUT2D eigenvalue weighted by atomic mass is 10.0. The van der Waals surface area contributed by atoms with Crippen molar-refractivity contribution in [1.82, 2.24) is 4.90 Å². The van der Waals surface area contributed by atoms with E-state index in [0.717, 1.165) is 40.4 Å². The fourth-order valence-corrected chi connectivity index (χ4v) is 5.21. The van der Waals surface area contributed by atoms with Gasteiger partial charge in [0.15, 0.2) is 5.11 Å². The Bertz CT molecular complexity index is 817. The van der Waals surface area contributed by atoms with E-state index in [1.807, 2.05) is 37.3 Å². The predicted molar refractivity (Wildman–Crippen MR) is 117 cm³/mol. The van der Waals surface area contributed by atoms with Gasteiger partial charge in [-0.3, -0.25) is 0 Å². The summed E-state index contributed by atoms with van der Waals surface area (Å²) in [6.45, 7) is 5.20. The minimum absolute atomic E-state index is 0.339. The van der Waals surface area contributed by atoms with Crippen LogP contribution in [-0.2, 0) is 4.74 Å². The maximum Gasteiger partial charge on any atom is 0.341 e. The third kappa shape index (κ3) is 4.17. The topological polar surface area (TPSA) is 41.6 Å². The number of carbonyl (C=O) groups excluding carboxylic acids is 1. The first kappa shape index (κ1) is 19.8. The van der Waals surface area contributed by atoms with E-state index in [9.17, 15) is 4.79 Å². The molecule has 1 aromatic heterocycles. The molecule has 1 atom stereocenters. The number of anilines is 1. The number of esters is 1. The molecule has 0 bridgehead atoms. The molecule has 1 saturated heterocycles. The van der Waals surface area contributed by atoms with Crippen molar-refractivity contribution in [3.63, 3.8) is 0 Å². The van der Waals surface area contributed by atoms with Crippen molar-refractivity contribution >= 4 is 39.6 Å². The van der Waals surface area contributed by atoms with Gasteiger partial charge in [-0.15, -0.1) is 11.3 Å². The fraction of sp³-hybridized carbons (Fsp3) is 0.429. The zero-order chi connectivity index (χ0) is 19.4. The van der Waals surface area contributed by atoms with E-state index in [-0.39, 0.29) is 5.97 Å². The van der Waals surface area contributed by atoms with Gasteiger partial charge >= 0.3 is 5.97 Å². The number of hydrogen-bond acceptors (Lipinski definition) is 4. The largest absolute Gasteiger partial charge is 0.465 e. The number of ether oxygens (including phenoxy) is 1. The van der Waals surface area contributed by atoms with E-state index in [2.05, 4.69) is 17.1 Å². The van der Waals surface area contributed by atoms with Crippen molar-refractivity contribution in [2.24, 2.45) is 0 Å². The number of benzene rings is 1. The molecule has 6 heteroatoms. The Morgan fingerprint density at radius 1 is 1.33 bits per heavy atom. The maximum absolute atomic E-state index is 12.6. The third-order valence-electron chi connectivity index (χ3n) is 5.12. The Hall–Kier alpha value is -1.92. The van der Waals surface area contributed by atoms with Crippen molar-refractivity contribution in [1.29, 1.82) is 0 Å². The number of methoxy groups -OCH3 is 1. The molecule has 1 fully saturated rings. The molecular weight excluding hydrogens is 376 g/mol. The van der Waals surface area contributed by atoms with Crippen molar-refractivity contribution in [3.05, 3.63) is 40.8 Å². The molecule has 144 valence electrons. The highest BCUT2D eigenvalue weighted by Gasteiger charge is 2.27. The molecule has 2 heterocycles. The number of nitrogens with zero attached hydrogens (tertiary/aromatic N) is 1. The van der Waals surface area contributed by atoms with Crippen molar-refractivity contribution in [2.75, 3.05) is 19.0 Å². The van der Waals surface area contributed by atoms with Crippen LogP contribution < -0.4 is 5.32 Å². The van der Waals surface area contributed by atoms with Crippen molar-refractivity contribution in [2.45, 2.75) is 45.6 Å². The molecule has 0 unspecified atom stereocenters. The zero-order valence-electron chi connectivity index (χ0n) is 16.1. The van der Waals surface area contributed by atoms with Crippen LogP contribution in [0.2, 0.25) is 0 Å². The van der Waals surface area contributed by atoms with Crippen LogP contribution in [0, 0.1) is 6.92 Å². The molecule has 0 spiro atoms. The van der Waals surface area contributed by atoms with Gasteiger partial charge in [-0.1, -0.05) is 37.3 Å². The summed E-state index contributed by atoms with van der Waals surface area (Å²) in [5, 5.41) is 4.83. The summed E-state index contributed by atoms with van der Waals surface area (Å²) < 4.78 is 5.09. The fourth-order valence-electron chi connectivity index (χ4n) is 3.74. The van der Waals surface area contributed by atoms with E-state index in [4.69, 9.17) is 17.0 Å². The second-order valence-corrected chi connectivity index (χ2v) is 8.39. The van der Waals surface area contributed by atoms with Gasteiger partial charge < -0.3 is 15.0 Å². The first-order valence-electron chi connectivity index (χ1n) is 9.41. The summed E-state index contributed by atoms with van der Waals surface area (Å²) in [5.41, 5.74) is 2.50. The van der Waals surface area contributed by atoms with Gasteiger partial charge in [-0.2, -0.15) is 0 Å². The molecule has 3 rings (SSSR count). The van der Waals surface area contributed by atoms with Crippen LogP contribution in [0.25, 0.3) is 11.1 Å². The average Bonchev–Trinajstić information content (AvgIpc) is 3.03. The molecule has 0 saturated carbocycles. The lowest BCUT2D eigenvalue weighted by Crippen LogP contribution is -2.45. The number of likely N-dealkylation sites (tertiary alicyclic amines) is 1. The normalized spacial score (nSPS) is 16.9. The molecule has 0 amide bonds. The highest BCUT2D eigenvalue weighted by Crippen LogP contribution is 2.40. The molecule has 0 aliphatic carbocycles. The van der Waals surface area contributed by atoms with Gasteiger partial charge in [-0.25, -0.2) is 4.79 Å².